The van der Waals surface area contributed by atoms with Crippen molar-refractivity contribution in [3.63, 3.8) is 0 Å². The predicted octanol–water partition coefficient (Wildman–Crippen LogP) is 1.75. The zero-order valence-electron chi connectivity index (χ0n) is 15.4. The summed E-state index contributed by atoms with van der Waals surface area (Å²) in [7, 11) is 0. The number of ether oxygens (including phenoxy) is 1. The van der Waals surface area contributed by atoms with Crippen molar-refractivity contribution in [3.8, 4) is 0 Å². The second-order valence-corrected chi connectivity index (χ2v) is 6.60. The topological polar surface area (TPSA) is 147 Å². The van der Waals surface area contributed by atoms with Crippen molar-refractivity contribution in [1.29, 1.82) is 0 Å². The molecule has 0 aliphatic carbocycles. The lowest BCUT2D eigenvalue weighted by Gasteiger charge is -2.29. The normalized spacial score (nSPS) is 15.8. The molecule has 146 valence electrons. The molecule has 0 radical (unpaired) electrons. The number of nitro benzene ring substituents is 1. The Hall–Kier alpha value is -3.69. The van der Waals surface area contributed by atoms with Gasteiger partial charge >= 0.3 is 11.7 Å². The Bertz CT molecular complexity index is 1110. The number of allylic oxidation sites excluding steroid dienone is 1. The van der Waals surface area contributed by atoms with Gasteiger partial charge in [0.1, 0.15) is 5.82 Å². The van der Waals surface area contributed by atoms with E-state index in [1.165, 1.54) is 18.2 Å². The number of rotatable bonds is 4. The highest BCUT2D eigenvalue weighted by molar-refractivity contribution is 5.94. The molecule has 0 unspecified atom stereocenters. The number of anilines is 1. The van der Waals surface area contributed by atoms with Gasteiger partial charge in [0.05, 0.1) is 28.1 Å². The van der Waals surface area contributed by atoms with Crippen molar-refractivity contribution < 1.29 is 14.5 Å². The predicted molar refractivity (Wildman–Crippen MR) is 100 cm³/mol. The van der Waals surface area contributed by atoms with Gasteiger partial charge < -0.3 is 10.1 Å². The third kappa shape index (κ3) is 3.43. The van der Waals surface area contributed by atoms with Gasteiger partial charge in [0.25, 0.3) is 11.2 Å². The number of benzene rings is 1. The van der Waals surface area contributed by atoms with Gasteiger partial charge in [-0.3, -0.25) is 24.9 Å². The Morgan fingerprint density at radius 1 is 1.25 bits per heavy atom. The van der Waals surface area contributed by atoms with E-state index in [9.17, 15) is 24.5 Å². The Morgan fingerprint density at radius 2 is 1.96 bits per heavy atom. The number of aromatic nitrogens is 2. The van der Waals surface area contributed by atoms with Crippen LogP contribution >= 0.6 is 0 Å². The number of hydrogen-bond donors (Lipinski definition) is 3. The van der Waals surface area contributed by atoms with Crippen molar-refractivity contribution in [3.05, 3.63) is 77.6 Å². The molecular weight excluding hydrogens is 368 g/mol. The molecule has 10 heteroatoms. The number of nitro groups is 1. The largest absolute Gasteiger partial charge is 0.460 e. The summed E-state index contributed by atoms with van der Waals surface area (Å²) < 4.78 is 5.31. The van der Waals surface area contributed by atoms with E-state index in [0.717, 1.165) is 0 Å². The van der Waals surface area contributed by atoms with Crippen LogP contribution in [0.1, 0.15) is 37.8 Å². The Labute approximate surface area is 158 Å². The fraction of sp³-hybridized carbons (Fsp3) is 0.278. The van der Waals surface area contributed by atoms with Crippen LogP contribution in [0.2, 0.25) is 0 Å². The van der Waals surface area contributed by atoms with Crippen molar-refractivity contribution >= 4 is 17.5 Å². The van der Waals surface area contributed by atoms with Crippen molar-refractivity contribution in [2.45, 2.75) is 32.8 Å². The number of nitrogens with one attached hydrogen (secondary N) is 3. The number of aromatic amines is 2. The maximum atomic E-state index is 12.8. The number of carbonyl (C=O) groups is 1. The van der Waals surface area contributed by atoms with E-state index in [2.05, 4.69) is 15.3 Å². The molecule has 1 aliphatic rings. The zero-order chi connectivity index (χ0) is 20.6. The highest BCUT2D eigenvalue weighted by atomic mass is 16.6. The minimum absolute atomic E-state index is 0.0707. The molecule has 1 atom stereocenters. The number of carbonyl (C=O) groups excluding carboxylic acids is 1. The molecule has 1 aromatic heterocycles. The Kier molecular flexibility index (Phi) is 4.87. The van der Waals surface area contributed by atoms with Crippen molar-refractivity contribution in [2.24, 2.45) is 0 Å². The first-order valence-corrected chi connectivity index (χ1v) is 8.48. The van der Waals surface area contributed by atoms with Gasteiger partial charge in [-0.2, -0.15) is 0 Å². The van der Waals surface area contributed by atoms with Gasteiger partial charge in [-0.25, -0.2) is 9.59 Å². The smallest absolute Gasteiger partial charge is 0.337 e. The first-order chi connectivity index (χ1) is 13.2. The van der Waals surface area contributed by atoms with Gasteiger partial charge in [-0.1, -0.05) is 12.1 Å². The lowest BCUT2D eigenvalue weighted by atomic mass is 9.82. The van der Waals surface area contributed by atoms with Crippen LogP contribution in [0, 0.1) is 10.1 Å². The number of hydrogen-bond acceptors (Lipinski definition) is 7. The summed E-state index contributed by atoms with van der Waals surface area (Å²) in [4.78, 5) is 52.3. The average molecular weight is 386 g/mol. The molecule has 0 amide bonds. The first-order valence-electron chi connectivity index (χ1n) is 8.48. The fourth-order valence-electron chi connectivity index (χ4n) is 3.19. The summed E-state index contributed by atoms with van der Waals surface area (Å²) in [5.74, 6) is -1.49. The Morgan fingerprint density at radius 3 is 2.61 bits per heavy atom. The van der Waals surface area contributed by atoms with Crippen LogP contribution in [0.25, 0.3) is 0 Å². The Balaban J connectivity index is 2.29. The van der Waals surface area contributed by atoms with Gasteiger partial charge in [0.15, 0.2) is 0 Å². The molecule has 10 nitrogen and oxygen atoms in total. The standard InChI is InChI=1S/C18H18N4O6/c1-8(2)28-17(24)12-9(3)19-15-14(16(23)21-18(25)20-15)13(12)10-5-4-6-11(7-10)22(26)27/h4-8,13H,1-3H3,(H3,19,20,21,23,25)/t13-/m1/s1. The van der Waals surface area contributed by atoms with Gasteiger partial charge in [-0.05, 0) is 26.3 Å². The molecule has 0 bridgehead atoms. The van der Waals surface area contributed by atoms with E-state index in [1.807, 2.05) is 0 Å². The summed E-state index contributed by atoms with van der Waals surface area (Å²) in [5, 5.41) is 14.0. The summed E-state index contributed by atoms with van der Waals surface area (Å²) in [5.41, 5.74) is -0.672. The van der Waals surface area contributed by atoms with E-state index in [0.29, 0.717) is 11.3 Å². The van der Waals surface area contributed by atoms with Crippen molar-refractivity contribution in [2.75, 3.05) is 5.32 Å². The molecule has 3 rings (SSSR count). The van der Waals surface area contributed by atoms with Crippen LogP contribution in [0.4, 0.5) is 11.5 Å². The molecule has 2 heterocycles. The molecule has 3 N–H and O–H groups in total. The molecule has 1 aliphatic heterocycles. The summed E-state index contributed by atoms with van der Waals surface area (Å²) in [6.45, 7) is 4.97. The molecular formula is C18H18N4O6. The lowest BCUT2D eigenvalue weighted by molar-refractivity contribution is -0.384. The number of nitrogens with zero attached hydrogens (tertiary/aromatic N) is 1. The third-order valence-corrected chi connectivity index (χ3v) is 4.25. The van der Waals surface area contributed by atoms with E-state index >= 15 is 0 Å². The second kappa shape index (κ2) is 7.14. The monoisotopic (exact) mass is 386 g/mol. The van der Waals surface area contributed by atoms with Crippen LogP contribution in [-0.4, -0.2) is 27.0 Å². The summed E-state index contributed by atoms with van der Waals surface area (Å²) in [6, 6.07) is 5.65. The lowest BCUT2D eigenvalue weighted by Crippen LogP contribution is -2.35. The maximum Gasteiger partial charge on any atom is 0.337 e. The highest BCUT2D eigenvalue weighted by Gasteiger charge is 2.36. The molecule has 0 saturated carbocycles. The molecule has 28 heavy (non-hydrogen) atoms. The molecule has 1 aromatic carbocycles. The number of fused-ring (bicyclic) bond motifs is 1. The maximum absolute atomic E-state index is 12.8. The van der Waals surface area contributed by atoms with E-state index < -0.39 is 34.2 Å². The molecule has 2 aromatic rings. The number of H-pyrrole nitrogens is 2. The van der Waals surface area contributed by atoms with Crippen molar-refractivity contribution in [1.82, 2.24) is 9.97 Å². The van der Waals surface area contributed by atoms with E-state index in [-0.39, 0.29) is 22.6 Å². The minimum Gasteiger partial charge on any atom is -0.460 e. The first kappa shape index (κ1) is 19.1. The third-order valence-electron chi connectivity index (χ3n) is 4.25. The summed E-state index contributed by atoms with van der Waals surface area (Å²) >= 11 is 0. The molecule has 0 spiro atoms. The fourth-order valence-corrected chi connectivity index (χ4v) is 3.19. The van der Waals surface area contributed by atoms with Crippen LogP contribution in [0.3, 0.4) is 0 Å². The van der Waals surface area contributed by atoms with Gasteiger partial charge in [0.2, 0.25) is 0 Å². The van der Waals surface area contributed by atoms with Gasteiger partial charge in [-0.15, -0.1) is 0 Å². The summed E-state index contributed by atoms with van der Waals surface area (Å²) in [6.07, 6.45) is -0.408. The van der Waals surface area contributed by atoms with Crippen LogP contribution in [0.15, 0.2) is 45.1 Å². The quantitative estimate of drug-likeness (QED) is 0.412. The van der Waals surface area contributed by atoms with E-state index in [1.54, 1.807) is 26.8 Å². The van der Waals surface area contributed by atoms with Crippen LogP contribution < -0.4 is 16.6 Å². The minimum atomic E-state index is -0.956. The van der Waals surface area contributed by atoms with Crippen LogP contribution in [0.5, 0.6) is 0 Å². The number of non-ortho nitro benzene ring substituents is 1. The van der Waals surface area contributed by atoms with Crippen LogP contribution in [-0.2, 0) is 9.53 Å². The van der Waals surface area contributed by atoms with E-state index in [4.69, 9.17) is 4.74 Å². The number of esters is 1. The second-order valence-electron chi connectivity index (χ2n) is 6.60. The zero-order valence-corrected chi connectivity index (χ0v) is 15.4. The van der Waals surface area contributed by atoms with Gasteiger partial charge in [0, 0.05) is 17.8 Å². The highest BCUT2D eigenvalue weighted by Crippen LogP contribution is 2.40. The average Bonchev–Trinajstić information content (AvgIpc) is 2.59. The molecule has 0 fully saturated rings. The molecule has 0 saturated heterocycles. The SMILES string of the molecule is CC1=C(C(=O)OC(C)C)[C@@H](c2cccc([N+](=O)[O-])c2)c2c([nH]c(=O)[nH]c2=O)N1.